The second kappa shape index (κ2) is 7.59. The molecule has 23 heavy (non-hydrogen) atoms. The monoisotopic (exact) mass is 315 g/mol. The van der Waals surface area contributed by atoms with E-state index >= 15 is 0 Å². The zero-order valence-corrected chi connectivity index (χ0v) is 13.5. The number of likely N-dealkylation sites (tertiary alicyclic amines) is 1. The number of hydrogen-bond donors (Lipinski definition) is 1. The fraction of sp³-hybridized carbons (Fsp3) is 0.556. The SMILES string of the molecule is O=C1CCN([C@H](C(=O)N2CCCCC2)c2ccccc2)CCN1. The molecule has 1 aromatic rings. The molecular weight excluding hydrogens is 290 g/mol. The lowest BCUT2D eigenvalue weighted by Gasteiger charge is -2.35. The summed E-state index contributed by atoms with van der Waals surface area (Å²) in [7, 11) is 0. The Kier molecular flexibility index (Phi) is 5.28. The Morgan fingerprint density at radius 3 is 2.48 bits per heavy atom. The van der Waals surface area contributed by atoms with Crippen LogP contribution in [0.5, 0.6) is 0 Å². The molecule has 1 N–H and O–H groups in total. The van der Waals surface area contributed by atoms with Crippen LogP contribution in [0.4, 0.5) is 0 Å². The van der Waals surface area contributed by atoms with E-state index in [1.165, 1.54) is 6.42 Å². The van der Waals surface area contributed by atoms with Crippen molar-refractivity contribution in [3.63, 3.8) is 0 Å². The molecule has 124 valence electrons. The Morgan fingerprint density at radius 2 is 1.74 bits per heavy atom. The molecule has 0 aliphatic carbocycles. The maximum Gasteiger partial charge on any atom is 0.244 e. The Bertz CT molecular complexity index is 540. The summed E-state index contributed by atoms with van der Waals surface area (Å²) in [6, 6.07) is 9.70. The minimum atomic E-state index is -0.276. The second-order valence-corrected chi connectivity index (χ2v) is 6.34. The highest BCUT2D eigenvalue weighted by atomic mass is 16.2. The molecule has 2 fully saturated rings. The van der Waals surface area contributed by atoms with Crippen LogP contribution in [0, 0.1) is 0 Å². The van der Waals surface area contributed by atoms with Crippen LogP contribution in [0.15, 0.2) is 30.3 Å². The summed E-state index contributed by atoms with van der Waals surface area (Å²) in [5.74, 6) is 0.259. The van der Waals surface area contributed by atoms with E-state index in [0.29, 0.717) is 26.1 Å². The third-order valence-corrected chi connectivity index (χ3v) is 4.73. The van der Waals surface area contributed by atoms with E-state index in [2.05, 4.69) is 10.2 Å². The zero-order valence-electron chi connectivity index (χ0n) is 13.5. The summed E-state index contributed by atoms with van der Waals surface area (Å²) in [6.07, 6.45) is 3.85. The molecule has 1 atom stereocenters. The van der Waals surface area contributed by atoms with Crippen molar-refractivity contribution in [2.24, 2.45) is 0 Å². The molecule has 2 aliphatic rings. The molecular formula is C18H25N3O2. The zero-order chi connectivity index (χ0) is 16.1. The Morgan fingerprint density at radius 1 is 1.00 bits per heavy atom. The van der Waals surface area contributed by atoms with Gasteiger partial charge in [-0.25, -0.2) is 0 Å². The van der Waals surface area contributed by atoms with Crippen molar-refractivity contribution in [2.75, 3.05) is 32.7 Å². The number of hydrogen-bond acceptors (Lipinski definition) is 3. The first-order valence-electron chi connectivity index (χ1n) is 8.60. The number of rotatable bonds is 3. The van der Waals surface area contributed by atoms with Gasteiger partial charge in [-0.2, -0.15) is 0 Å². The first kappa shape index (κ1) is 16.0. The molecule has 2 heterocycles. The maximum absolute atomic E-state index is 13.2. The van der Waals surface area contributed by atoms with Crippen LogP contribution < -0.4 is 5.32 Å². The van der Waals surface area contributed by atoms with Gasteiger partial charge in [0.2, 0.25) is 11.8 Å². The van der Waals surface area contributed by atoms with E-state index < -0.39 is 0 Å². The Labute approximate surface area is 137 Å². The molecule has 1 aromatic carbocycles. The standard InChI is InChI=1S/C18H25N3O2/c22-16-9-13-20(14-10-19-16)17(15-7-3-1-4-8-15)18(23)21-11-5-2-6-12-21/h1,3-4,7-8,17H,2,5-6,9-14H2,(H,19,22)/t17-/m0/s1. The highest BCUT2D eigenvalue weighted by molar-refractivity contribution is 5.83. The average Bonchev–Trinajstić information content (AvgIpc) is 2.82. The minimum Gasteiger partial charge on any atom is -0.355 e. The van der Waals surface area contributed by atoms with Gasteiger partial charge in [0.15, 0.2) is 0 Å². The number of nitrogens with zero attached hydrogens (tertiary/aromatic N) is 2. The number of amides is 2. The van der Waals surface area contributed by atoms with Gasteiger partial charge in [0.1, 0.15) is 6.04 Å². The van der Waals surface area contributed by atoms with Gasteiger partial charge in [-0.15, -0.1) is 0 Å². The second-order valence-electron chi connectivity index (χ2n) is 6.34. The summed E-state index contributed by atoms with van der Waals surface area (Å²) < 4.78 is 0. The molecule has 2 aliphatic heterocycles. The molecule has 5 nitrogen and oxygen atoms in total. The topological polar surface area (TPSA) is 52.7 Å². The third kappa shape index (κ3) is 3.91. The minimum absolute atomic E-state index is 0.0738. The maximum atomic E-state index is 13.2. The summed E-state index contributed by atoms with van der Waals surface area (Å²) in [4.78, 5) is 29.0. The third-order valence-electron chi connectivity index (χ3n) is 4.73. The van der Waals surface area contributed by atoms with E-state index in [1.54, 1.807) is 0 Å². The molecule has 0 bridgehead atoms. The molecule has 0 spiro atoms. The van der Waals surface area contributed by atoms with Crippen molar-refractivity contribution in [3.8, 4) is 0 Å². The highest BCUT2D eigenvalue weighted by Crippen LogP contribution is 2.25. The van der Waals surface area contributed by atoms with Gasteiger partial charge in [0.25, 0.3) is 0 Å². The average molecular weight is 315 g/mol. The van der Waals surface area contributed by atoms with E-state index in [1.807, 2.05) is 35.2 Å². The fourth-order valence-corrected chi connectivity index (χ4v) is 3.47. The van der Waals surface area contributed by atoms with Crippen LogP contribution in [0.1, 0.15) is 37.3 Å². The van der Waals surface area contributed by atoms with Gasteiger partial charge in [-0.05, 0) is 24.8 Å². The van der Waals surface area contributed by atoms with Crippen LogP contribution in [0.25, 0.3) is 0 Å². The first-order chi connectivity index (χ1) is 11.3. The Hall–Kier alpha value is -1.88. The lowest BCUT2D eigenvalue weighted by Crippen LogP contribution is -2.46. The molecule has 2 amide bonds. The van der Waals surface area contributed by atoms with Crippen molar-refractivity contribution in [1.29, 1.82) is 0 Å². The van der Waals surface area contributed by atoms with Crippen LogP contribution >= 0.6 is 0 Å². The summed E-state index contributed by atoms with van der Waals surface area (Å²) >= 11 is 0. The van der Waals surface area contributed by atoms with E-state index in [4.69, 9.17) is 0 Å². The Balaban J connectivity index is 1.84. The lowest BCUT2D eigenvalue weighted by atomic mass is 10.0. The van der Waals surface area contributed by atoms with Gasteiger partial charge < -0.3 is 10.2 Å². The summed E-state index contributed by atoms with van der Waals surface area (Å²) in [5.41, 5.74) is 1.03. The molecule has 0 unspecified atom stereocenters. The number of nitrogens with one attached hydrogen (secondary N) is 1. The van der Waals surface area contributed by atoms with Crippen molar-refractivity contribution in [3.05, 3.63) is 35.9 Å². The molecule has 2 saturated heterocycles. The first-order valence-corrected chi connectivity index (χ1v) is 8.60. The summed E-state index contributed by atoms with van der Waals surface area (Å²) in [6.45, 7) is 3.66. The predicted molar refractivity (Wildman–Crippen MR) is 88.8 cm³/mol. The predicted octanol–water partition coefficient (Wildman–Crippen LogP) is 1.56. The van der Waals surface area contributed by atoms with Crippen molar-refractivity contribution in [2.45, 2.75) is 31.7 Å². The van der Waals surface area contributed by atoms with Crippen molar-refractivity contribution >= 4 is 11.8 Å². The fourth-order valence-electron chi connectivity index (χ4n) is 3.47. The van der Waals surface area contributed by atoms with E-state index in [0.717, 1.165) is 31.5 Å². The molecule has 0 radical (unpaired) electrons. The quantitative estimate of drug-likeness (QED) is 0.921. The van der Waals surface area contributed by atoms with Crippen LogP contribution in [-0.2, 0) is 9.59 Å². The lowest BCUT2D eigenvalue weighted by molar-refractivity contribution is -0.138. The van der Waals surface area contributed by atoms with Gasteiger partial charge >= 0.3 is 0 Å². The van der Waals surface area contributed by atoms with E-state index in [9.17, 15) is 9.59 Å². The number of benzene rings is 1. The number of carbonyl (C=O) groups excluding carboxylic acids is 2. The molecule has 0 aromatic heterocycles. The highest BCUT2D eigenvalue weighted by Gasteiger charge is 2.32. The molecule has 5 heteroatoms. The van der Waals surface area contributed by atoms with Gasteiger partial charge in [0, 0.05) is 39.1 Å². The summed E-state index contributed by atoms with van der Waals surface area (Å²) in [5, 5.41) is 2.89. The van der Waals surface area contributed by atoms with Gasteiger partial charge in [0.05, 0.1) is 0 Å². The van der Waals surface area contributed by atoms with Crippen LogP contribution in [-0.4, -0.2) is 54.3 Å². The van der Waals surface area contributed by atoms with Gasteiger partial charge in [-0.3, -0.25) is 14.5 Å². The smallest absolute Gasteiger partial charge is 0.244 e. The number of piperidine rings is 1. The van der Waals surface area contributed by atoms with Crippen LogP contribution in [0.3, 0.4) is 0 Å². The van der Waals surface area contributed by atoms with Gasteiger partial charge in [-0.1, -0.05) is 30.3 Å². The van der Waals surface area contributed by atoms with Crippen molar-refractivity contribution < 1.29 is 9.59 Å². The largest absolute Gasteiger partial charge is 0.355 e. The number of carbonyl (C=O) groups is 2. The van der Waals surface area contributed by atoms with Crippen molar-refractivity contribution in [1.82, 2.24) is 15.1 Å². The van der Waals surface area contributed by atoms with Crippen LogP contribution in [0.2, 0.25) is 0 Å². The molecule has 3 rings (SSSR count). The normalized spacial score (nSPS) is 21.4. The van der Waals surface area contributed by atoms with E-state index in [-0.39, 0.29) is 17.9 Å². The molecule has 0 saturated carbocycles.